The van der Waals surface area contributed by atoms with Crippen molar-refractivity contribution in [1.82, 2.24) is 9.13 Å². The van der Waals surface area contributed by atoms with E-state index in [9.17, 15) is 9.59 Å². The molecule has 0 spiro atoms. The molecule has 0 aliphatic carbocycles. The lowest BCUT2D eigenvalue weighted by molar-refractivity contribution is 0.695. The summed E-state index contributed by atoms with van der Waals surface area (Å²) >= 11 is 1.50. The van der Waals surface area contributed by atoms with Gasteiger partial charge in [-0.25, -0.2) is 9.79 Å². The van der Waals surface area contributed by atoms with Gasteiger partial charge in [0.15, 0.2) is 5.69 Å². The van der Waals surface area contributed by atoms with Crippen molar-refractivity contribution < 1.29 is 0 Å². The topological polar surface area (TPSA) is 82.4 Å². The second-order valence-corrected chi connectivity index (χ2v) is 4.69. The largest absolute Gasteiger partial charge is 0.383 e. The highest BCUT2D eigenvalue weighted by atomic mass is 32.1. The summed E-state index contributed by atoms with van der Waals surface area (Å²) in [6, 6.07) is 3.75. The van der Waals surface area contributed by atoms with E-state index in [4.69, 9.17) is 5.73 Å². The van der Waals surface area contributed by atoms with Crippen molar-refractivity contribution in [1.29, 1.82) is 0 Å². The van der Waals surface area contributed by atoms with Crippen molar-refractivity contribution in [2.24, 2.45) is 19.1 Å². The molecule has 2 N–H and O–H groups in total. The van der Waals surface area contributed by atoms with E-state index in [1.807, 2.05) is 17.5 Å². The molecule has 6 nitrogen and oxygen atoms in total. The van der Waals surface area contributed by atoms with Crippen LogP contribution in [0.3, 0.4) is 0 Å². The molecule has 18 heavy (non-hydrogen) atoms. The molecular formula is C11H12N4O2S. The van der Waals surface area contributed by atoms with E-state index in [1.54, 1.807) is 6.21 Å². The van der Waals surface area contributed by atoms with Gasteiger partial charge in [0.05, 0.1) is 0 Å². The van der Waals surface area contributed by atoms with Gasteiger partial charge in [0.25, 0.3) is 5.56 Å². The molecule has 0 unspecified atom stereocenters. The van der Waals surface area contributed by atoms with Gasteiger partial charge in [-0.05, 0) is 11.4 Å². The van der Waals surface area contributed by atoms with E-state index >= 15 is 0 Å². The van der Waals surface area contributed by atoms with Gasteiger partial charge in [0.1, 0.15) is 5.82 Å². The predicted molar refractivity (Wildman–Crippen MR) is 72.9 cm³/mol. The van der Waals surface area contributed by atoms with Crippen LogP contribution in [-0.4, -0.2) is 15.3 Å². The first-order chi connectivity index (χ1) is 8.52. The Hall–Kier alpha value is -2.15. The number of hydrogen-bond acceptors (Lipinski definition) is 5. The first-order valence-electron chi connectivity index (χ1n) is 5.15. The number of aliphatic imine (C=N–C) groups is 1. The number of nitrogens with two attached hydrogens (primary N) is 1. The summed E-state index contributed by atoms with van der Waals surface area (Å²) in [5.74, 6) is 0.0657. The first-order valence-corrected chi connectivity index (χ1v) is 6.03. The highest BCUT2D eigenvalue weighted by Crippen LogP contribution is 2.14. The zero-order valence-corrected chi connectivity index (χ0v) is 10.8. The fourth-order valence-corrected chi connectivity index (χ4v) is 2.04. The van der Waals surface area contributed by atoms with Gasteiger partial charge in [0.2, 0.25) is 0 Å². The molecule has 0 saturated heterocycles. The first kappa shape index (κ1) is 12.3. The van der Waals surface area contributed by atoms with Gasteiger partial charge in [-0.2, -0.15) is 0 Å². The maximum Gasteiger partial charge on any atom is 0.332 e. The minimum absolute atomic E-state index is 0.0657. The van der Waals surface area contributed by atoms with Crippen LogP contribution in [0.2, 0.25) is 0 Å². The number of hydrogen-bond donors (Lipinski definition) is 1. The summed E-state index contributed by atoms with van der Waals surface area (Å²) < 4.78 is 2.18. The summed E-state index contributed by atoms with van der Waals surface area (Å²) in [6.45, 7) is 0. The number of rotatable bonds is 2. The standard InChI is InChI=1S/C11H12N4O2S/c1-14-9(12)8(10(16)15(2)11(14)17)13-6-7-4-3-5-18-7/h3-6H,12H2,1-2H3. The van der Waals surface area contributed by atoms with Crippen LogP contribution in [0.4, 0.5) is 11.5 Å². The zero-order chi connectivity index (χ0) is 13.3. The molecule has 2 rings (SSSR count). The SMILES string of the molecule is Cn1c(N)c(N=Cc2cccs2)c(=O)n(C)c1=O. The second kappa shape index (κ2) is 4.61. The van der Waals surface area contributed by atoms with Gasteiger partial charge < -0.3 is 5.73 Å². The summed E-state index contributed by atoms with van der Waals surface area (Å²) in [5, 5.41) is 1.91. The second-order valence-electron chi connectivity index (χ2n) is 3.71. The minimum Gasteiger partial charge on any atom is -0.383 e. The third kappa shape index (κ3) is 2.00. The summed E-state index contributed by atoms with van der Waals surface area (Å²) in [4.78, 5) is 28.5. The van der Waals surface area contributed by atoms with Gasteiger partial charge in [-0.1, -0.05) is 6.07 Å². The number of nitrogens with zero attached hydrogens (tertiary/aromatic N) is 3. The van der Waals surface area contributed by atoms with Crippen molar-refractivity contribution in [2.75, 3.05) is 5.73 Å². The monoisotopic (exact) mass is 264 g/mol. The van der Waals surface area contributed by atoms with Crippen molar-refractivity contribution >= 4 is 29.1 Å². The molecule has 94 valence electrons. The maximum atomic E-state index is 11.9. The lowest BCUT2D eigenvalue weighted by atomic mass is 10.4. The molecule has 0 aromatic carbocycles. The van der Waals surface area contributed by atoms with Crippen molar-refractivity contribution in [3.05, 3.63) is 43.2 Å². The molecule has 0 bridgehead atoms. The third-order valence-electron chi connectivity index (χ3n) is 2.55. The highest BCUT2D eigenvalue weighted by molar-refractivity contribution is 7.11. The summed E-state index contributed by atoms with van der Waals surface area (Å²) in [5.41, 5.74) is 4.85. The molecule has 0 aliphatic heterocycles. The van der Waals surface area contributed by atoms with Crippen LogP contribution in [0.15, 0.2) is 32.1 Å². The normalized spacial score (nSPS) is 11.2. The van der Waals surface area contributed by atoms with E-state index in [2.05, 4.69) is 4.99 Å². The van der Waals surface area contributed by atoms with Crippen LogP contribution in [-0.2, 0) is 14.1 Å². The van der Waals surface area contributed by atoms with Gasteiger partial charge in [0, 0.05) is 25.2 Å². The summed E-state index contributed by atoms with van der Waals surface area (Å²) in [6.07, 6.45) is 1.56. The van der Waals surface area contributed by atoms with E-state index in [0.29, 0.717) is 0 Å². The zero-order valence-electron chi connectivity index (χ0n) is 9.95. The Balaban J connectivity index is 2.59. The molecule has 0 atom stereocenters. The maximum absolute atomic E-state index is 11.9. The van der Waals surface area contributed by atoms with E-state index in [-0.39, 0.29) is 11.5 Å². The van der Waals surface area contributed by atoms with Crippen LogP contribution in [0, 0.1) is 0 Å². The smallest absolute Gasteiger partial charge is 0.332 e. The fraction of sp³-hybridized carbons (Fsp3) is 0.182. The van der Waals surface area contributed by atoms with Crippen LogP contribution >= 0.6 is 11.3 Å². The van der Waals surface area contributed by atoms with Crippen LogP contribution < -0.4 is 17.0 Å². The van der Waals surface area contributed by atoms with Crippen LogP contribution in [0.5, 0.6) is 0 Å². The molecule has 2 aromatic rings. The average molecular weight is 264 g/mol. The quantitative estimate of drug-likeness (QED) is 0.801. The highest BCUT2D eigenvalue weighted by Gasteiger charge is 2.11. The number of thiophene rings is 1. The van der Waals surface area contributed by atoms with E-state index < -0.39 is 11.2 Å². The Kier molecular flexibility index (Phi) is 3.15. The number of nitrogen functional groups attached to an aromatic ring is 1. The Morgan fingerprint density at radius 3 is 2.67 bits per heavy atom. The number of aromatic nitrogens is 2. The Morgan fingerprint density at radius 1 is 1.33 bits per heavy atom. The molecule has 0 fully saturated rings. The molecule has 7 heteroatoms. The molecule has 0 radical (unpaired) electrons. The van der Waals surface area contributed by atoms with Crippen LogP contribution in [0.25, 0.3) is 0 Å². The molecule has 0 saturated carbocycles. The fourth-order valence-electron chi connectivity index (χ4n) is 1.46. The van der Waals surface area contributed by atoms with Gasteiger partial charge >= 0.3 is 5.69 Å². The van der Waals surface area contributed by atoms with E-state index in [1.165, 1.54) is 30.0 Å². The lowest BCUT2D eigenvalue weighted by Gasteiger charge is -2.07. The number of anilines is 1. The van der Waals surface area contributed by atoms with Crippen molar-refractivity contribution in [3.8, 4) is 0 Å². The lowest BCUT2D eigenvalue weighted by Crippen LogP contribution is -2.37. The Bertz CT molecular complexity index is 710. The average Bonchev–Trinajstić information content (AvgIpc) is 2.87. The minimum atomic E-state index is -0.497. The van der Waals surface area contributed by atoms with E-state index in [0.717, 1.165) is 9.44 Å². The molecule has 2 aromatic heterocycles. The summed E-state index contributed by atoms with van der Waals surface area (Å²) in [7, 11) is 2.90. The predicted octanol–water partition coefficient (Wildman–Crippen LogP) is 0.478. The van der Waals surface area contributed by atoms with Crippen LogP contribution in [0.1, 0.15) is 4.88 Å². The Labute approximate surface area is 107 Å². The molecular weight excluding hydrogens is 252 g/mol. The van der Waals surface area contributed by atoms with Crippen molar-refractivity contribution in [3.63, 3.8) is 0 Å². The van der Waals surface area contributed by atoms with Crippen molar-refractivity contribution in [2.45, 2.75) is 0 Å². The van der Waals surface area contributed by atoms with Gasteiger partial charge in [-0.15, -0.1) is 11.3 Å². The molecule has 0 aliphatic rings. The van der Waals surface area contributed by atoms with Gasteiger partial charge in [-0.3, -0.25) is 13.9 Å². The Morgan fingerprint density at radius 2 is 2.06 bits per heavy atom. The molecule has 2 heterocycles. The molecule has 0 amide bonds. The third-order valence-corrected chi connectivity index (χ3v) is 3.36.